The first-order valence-corrected chi connectivity index (χ1v) is 6.95. The third-order valence-corrected chi connectivity index (χ3v) is 3.78. The van der Waals surface area contributed by atoms with Gasteiger partial charge in [0.2, 0.25) is 0 Å². The molecule has 2 aromatic carbocycles. The smallest absolute Gasteiger partial charge is 0.255 e. The molecule has 0 saturated carbocycles. The number of nitrogens with two attached hydrogens (primary N) is 1. The highest BCUT2D eigenvalue weighted by Gasteiger charge is 2.12. The molecule has 4 nitrogen and oxygen atoms in total. The second-order valence-corrected chi connectivity index (χ2v) is 5.38. The Bertz CT molecular complexity index is 705. The number of nitrogen functional groups attached to an aromatic ring is 1. The largest absolute Gasteiger partial charge is 0.495 e. The summed E-state index contributed by atoms with van der Waals surface area (Å²) >= 11 is 17.7. The van der Waals surface area contributed by atoms with Crippen molar-refractivity contribution in [3.05, 3.63) is 51.0 Å². The SMILES string of the molecule is COc1ccc(C(=O)Nc2cc(Cl)c(Cl)cc2Cl)cc1N. The average Bonchev–Trinajstić information content (AvgIpc) is 2.44. The van der Waals surface area contributed by atoms with Gasteiger partial charge in [-0.15, -0.1) is 0 Å². The average molecular weight is 346 g/mol. The zero-order valence-corrected chi connectivity index (χ0v) is 13.2. The Morgan fingerprint density at radius 2 is 1.76 bits per heavy atom. The van der Waals surface area contributed by atoms with E-state index in [9.17, 15) is 4.79 Å². The number of methoxy groups -OCH3 is 1. The number of benzene rings is 2. The van der Waals surface area contributed by atoms with Crippen molar-refractivity contribution in [3.63, 3.8) is 0 Å². The molecular formula is C14H11Cl3N2O2. The number of carbonyl (C=O) groups is 1. The van der Waals surface area contributed by atoms with Gasteiger partial charge in [-0.1, -0.05) is 34.8 Å². The van der Waals surface area contributed by atoms with E-state index in [2.05, 4.69) is 5.32 Å². The second-order valence-electron chi connectivity index (χ2n) is 4.16. The summed E-state index contributed by atoms with van der Waals surface area (Å²) < 4.78 is 5.04. The third kappa shape index (κ3) is 3.53. The molecule has 2 aromatic rings. The first-order chi connectivity index (χ1) is 9.92. The molecule has 0 spiro atoms. The molecule has 0 fully saturated rings. The maximum Gasteiger partial charge on any atom is 0.255 e. The third-order valence-electron chi connectivity index (χ3n) is 2.75. The van der Waals surface area contributed by atoms with Crippen LogP contribution in [0.3, 0.4) is 0 Å². The van der Waals surface area contributed by atoms with E-state index in [0.29, 0.717) is 37.8 Å². The molecule has 0 unspecified atom stereocenters. The van der Waals surface area contributed by atoms with Crippen LogP contribution in [0.2, 0.25) is 15.1 Å². The molecule has 0 aliphatic heterocycles. The van der Waals surface area contributed by atoms with Crippen molar-refractivity contribution < 1.29 is 9.53 Å². The summed E-state index contributed by atoms with van der Waals surface area (Å²) in [6, 6.07) is 7.66. The van der Waals surface area contributed by atoms with Crippen molar-refractivity contribution in [3.8, 4) is 5.75 Å². The van der Waals surface area contributed by atoms with Crippen molar-refractivity contribution in [1.82, 2.24) is 0 Å². The van der Waals surface area contributed by atoms with E-state index in [0.717, 1.165) is 0 Å². The van der Waals surface area contributed by atoms with Crippen LogP contribution < -0.4 is 15.8 Å². The van der Waals surface area contributed by atoms with Gasteiger partial charge < -0.3 is 15.8 Å². The number of amides is 1. The molecule has 0 aliphatic carbocycles. The number of nitrogens with one attached hydrogen (secondary N) is 1. The molecule has 0 atom stereocenters. The summed E-state index contributed by atoms with van der Waals surface area (Å²) in [6.45, 7) is 0. The normalized spacial score (nSPS) is 10.3. The lowest BCUT2D eigenvalue weighted by Crippen LogP contribution is -2.12. The highest BCUT2D eigenvalue weighted by Crippen LogP contribution is 2.32. The van der Waals surface area contributed by atoms with E-state index < -0.39 is 0 Å². The molecule has 3 N–H and O–H groups in total. The lowest BCUT2D eigenvalue weighted by Gasteiger charge is -2.10. The first-order valence-electron chi connectivity index (χ1n) is 5.81. The topological polar surface area (TPSA) is 64.3 Å². The van der Waals surface area contributed by atoms with Crippen molar-refractivity contribution in [2.45, 2.75) is 0 Å². The van der Waals surface area contributed by atoms with E-state index in [1.54, 1.807) is 12.1 Å². The summed E-state index contributed by atoms with van der Waals surface area (Å²) in [7, 11) is 1.50. The molecule has 0 aromatic heterocycles. The summed E-state index contributed by atoms with van der Waals surface area (Å²) in [5.74, 6) is 0.128. The van der Waals surface area contributed by atoms with Gasteiger partial charge in [0, 0.05) is 5.56 Å². The quantitative estimate of drug-likeness (QED) is 0.636. The van der Waals surface area contributed by atoms with Crippen LogP contribution in [0.5, 0.6) is 5.75 Å². The molecular weight excluding hydrogens is 335 g/mol. The van der Waals surface area contributed by atoms with E-state index >= 15 is 0 Å². The highest BCUT2D eigenvalue weighted by molar-refractivity contribution is 6.44. The minimum absolute atomic E-state index is 0.291. The van der Waals surface area contributed by atoms with E-state index in [1.807, 2.05) is 0 Å². The molecule has 2 rings (SSSR count). The van der Waals surface area contributed by atoms with Gasteiger partial charge in [0.1, 0.15) is 5.75 Å². The molecule has 1 amide bonds. The lowest BCUT2D eigenvalue weighted by atomic mass is 10.1. The Balaban J connectivity index is 2.26. The molecule has 21 heavy (non-hydrogen) atoms. The van der Waals surface area contributed by atoms with Crippen LogP contribution in [-0.4, -0.2) is 13.0 Å². The lowest BCUT2D eigenvalue weighted by molar-refractivity contribution is 0.102. The number of ether oxygens (including phenoxy) is 1. The van der Waals surface area contributed by atoms with Crippen LogP contribution in [0.15, 0.2) is 30.3 Å². The van der Waals surface area contributed by atoms with Gasteiger partial charge in [0.15, 0.2) is 0 Å². The van der Waals surface area contributed by atoms with Crippen molar-refractivity contribution in [2.24, 2.45) is 0 Å². The minimum atomic E-state index is -0.371. The first kappa shape index (κ1) is 15.8. The van der Waals surface area contributed by atoms with Gasteiger partial charge >= 0.3 is 0 Å². The Morgan fingerprint density at radius 1 is 1.10 bits per heavy atom. The van der Waals surface area contributed by atoms with Crippen molar-refractivity contribution in [1.29, 1.82) is 0 Å². The monoisotopic (exact) mass is 344 g/mol. The summed E-state index contributed by atoms with van der Waals surface area (Å²) in [5.41, 5.74) is 6.87. The van der Waals surface area contributed by atoms with Crippen molar-refractivity contribution in [2.75, 3.05) is 18.2 Å². The maximum absolute atomic E-state index is 12.2. The van der Waals surface area contributed by atoms with Crippen LogP contribution in [0.25, 0.3) is 0 Å². The fourth-order valence-corrected chi connectivity index (χ4v) is 2.28. The van der Waals surface area contributed by atoms with Crippen molar-refractivity contribution >= 4 is 52.1 Å². The van der Waals surface area contributed by atoms with Gasteiger partial charge in [-0.3, -0.25) is 4.79 Å². The number of halogens is 3. The van der Waals surface area contributed by atoms with Gasteiger partial charge in [-0.05, 0) is 30.3 Å². The Hall–Kier alpha value is -1.62. The van der Waals surface area contributed by atoms with Gasteiger partial charge in [0.05, 0.1) is 33.6 Å². The van der Waals surface area contributed by atoms with Gasteiger partial charge in [-0.2, -0.15) is 0 Å². The summed E-state index contributed by atoms with van der Waals surface area (Å²) in [5, 5.41) is 3.55. The van der Waals surface area contributed by atoms with Crippen LogP contribution >= 0.6 is 34.8 Å². The standard InChI is InChI=1S/C14H11Cl3N2O2/c1-21-13-3-2-7(4-11(13)18)14(20)19-12-6-9(16)8(15)5-10(12)17/h2-6H,18H2,1H3,(H,19,20). The minimum Gasteiger partial charge on any atom is -0.495 e. The molecule has 0 saturated heterocycles. The number of hydrogen-bond donors (Lipinski definition) is 2. The molecule has 0 radical (unpaired) electrons. The van der Waals surface area contributed by atoms with E-state index in [-0.39, 0.29) is 5.91 Å². The Morgan fingerprint density at radius 3 is 2.38 bits per heavy atom. The van der Waals surface area contributed by atoms with Gasteiger partial charge in [-0.25, -0.2) is 0 Å². The predicted octanol–water partition coefficient (Wildman–Crippen LogP) is 4.49. The maximum atomic E-state index is 12.2. The summed E-state index contributed by atoms with van der Waals surface area (Å²) in [4.78, 5) is 12.2. The van der Waals surface area contributed by atoms with Crippen LogP contribution in [0, 0.1) is 0 Å². The molecule has 7 heteroatoms. The Labute approximate surface area is 136 Å². The number of rotatable bonds is 3. The van der Waals surface area contributed by atoms with Gasteiger partial charge in [0.25, 0.3) is 5.91 Å². The number of anilines is 2. The fourth-order valence-electron chi connectivity index (χ4n) is 1.69. The Kier molecular flexibility index (Phi) is 4.83. The summed E-state index contributed by atoms with van der Waals surface area (Å²) in [6.07, 6.45) is 0. The van der Waals surface area contributed by atoms with Crippen LogP contribution in [0.1, 0.15) is 10.4 Å². The van der Waals surface area contributed by atoms with Crippen LogP contribution in [-0.2, 0) is 0 Å². The zero-order chi connectivity index (χ0) is 15.6. The van der Waals surface area contributed by atoms with Crippen LogP contribution in [0.4, 0.5) is 11.4 Å². The van der Waals surface area contributed by atoms with E-state index in [1.165, 1.54) is 25.3 Å². The zero-order valence-electron chi connectivity index (χ0n) is 10.9. The predicted molar refractivity (Wildman–Crippen MR) is 86.8 cm³/mol. The van der Waals surface area contributed by atoms with E-state index in [4.69, 9.17) is 45.3 Å². The molecule has 0 aliphatic rings. The molecule has 110 valence electrons. The molecule has 0 bridgehead atoms. The number of carbonyl (C=O) groups excluding carboxylic acids is 1. The highest BCUT2D eigenvalue weighted by atomic mass is 35.5. The number of hydrogen-bond acceptors (Lipinski definition) is 3. The second kappa shape index (κ2) is 6.43. The molecule has 0 heterocycles. The fraction of sp³-hybridized carbons (Fsp3) is 0.0714.